The number of hydrogen-bond acceptors (Lipinski definition) is 6. The fourth-order valence-corrected chi connectivity index (χ4v) is 2.81. The zero-order chi connectivity index (χ0) is 20.0. The Bertz CT molecular complexity index is 697. The quantitative estimate of drug-likeness (QED) is 0.622. The summed E-state index contributed by atoms with van der Waals surface area (Å²) in [6.07, 6.45) is 0. The van der Waals surface area contributed by atoms with E-state index in [1.807, 2.05) is 0 Å². The van der Waals surface area contributed by atoms with E-state index in [0.717, 1.165) is 0 Å². The number of carbonyl (C=O) groups is 2. The van der Waals surface area contributed by atoms with Gasteiger partial charge in [-0.2, -0.15) is 0 Å². The Hall–Kier alpha value is -2.38. The number of aliphatic hydroxyl groups is 1. The molecule has 7 nitrogen and oxygen atoms in total. The minimum absolute atomic E-state index is 0.116. The normalized spacial score (nSPS) is 14.5. The van der Waals surface area contributed by atoms with E-state index < -0.39 is 0 Å². The zero-order valence-electron chi connectivity index (χ0n) is 16.4. The van der Waals surface area contributed by atoms with Crippen LogP contribution in [0, 0.1) is 5.92 Å². The lowest BCUT2D eigenvalue weighted by atomic mass is 10.0. The fourth-order valence-electron chi connectivity index (χ4n) is 2.81. The number of nitrogens with zero attached hydrogens (tertiary/aromatic N) is 2. The van der Waals surface area contributed by atoms with Gasteiger partial charge in [0.2, 0.25) is 0 Å². The highest BCUT2D eigenvalue weighted by Gasteiger charge is 2.40. The van der Waals surface area contributed by atoms with Crippen LogP contribution in [0.2, 0.25) is 0 Å². The topological polar surface area (TPSA) is 79.3 Å². The SMILES string of the molecule is COCCN1C(=O)C(c2ccc(OCC(C)C)cc2)=C(N(C)CCO)C1=O. The second kappa shape index (κ2) is 9.53. The first-order valence-electron chi connectivity index (χ1n) is 9.05. The van der Waals surface area contributed by atoms with Gasteiger partial charge in [0, 0.05) is 20.7 Å². The molecule has 1 N–H and O–H groups in total. The van der Waals surface area contributed by atoms with Gasteiger partial charge in [0.05, 0.1) is 31.9 Å². The molecule has 1 aliphatic heterocycles. The summed E-state index contributed by atoms with van der Waals surface area (Å²) >= 11 is 0. The van der Waals surface area contributed by atoms with Crippen molar-refractivity contribution in [2.24, 2.45) is 5.92 Å². The molecule has 0 fully saturated rings. The second-order valence-electron chi connectivity index (χ2n) is 6.85. The maximum absolute atomic E-state index is 12.9. The van der Waals surface area contributed by atoms with Gasteiger partial charge in [-0.05, 0) is 23.6 Å². The Labute approximate surface area is 160 Å². The first-order chi connectivity index (χ1) is 12.9. The van der Waals surface area contributed by atoms with Crippen LogP contribution >= 0.6 is 0 Å². The van der Waals surface area contributed by atoms with Gasteiger partial charge in [-0.15, -0.1) is 0 Å². The van der Waals surface area contributed by atoms with Crippen molar-refractivity contribution in [1.29, 1.82) is 0 Å². The molecule has 0 atom stereocenters. The van der Waals surface area contributed by atoms with Crippen LogP contribution in [-0.2, 0) is 14.3 Å². The zero-order valence-corrected chi connectivity index (χ0v) is 16.4. The van der Waals surface area contributed by atoms with E-state index in [0.29, 0.717) is 35.1 Å². The van der Waals surface area contributed by atoms with Gasteiger partial charge in [0.15, 0.2) is 0 Å². The molecule has 0 unspecified atom stereocenters. The van der Waals surface area contributed by atoms with Gasteiger partial charge in [0.25, 0.3) is 11.8 Å². The average Bonchev–Trinajstić information content (AvgIpc) is 2.89. The highest BCUT2D eigenvalue weighted by molar-refractivity contribution is 6.35. The van der Waals surface area contributed by atoms with Crippen molar-refractivity contribution >= 4 is 17.4 Å². The van der Waals surface area contributed by atoms with Crippen molar-refractivity contribution in [3.63, 3.8) is 0 Å². The smallest absolute Gasteiger partial charge is 0.277 e. The molecule has 148 valence electrons. The first kappa shape index (κ1) is 20.9. The van der Waals surface area contributed by atoms with Crippen LogP contribution in [-0.4, -0.2) is 73.8 Å². The summed E-state index contributed by atoms with van der Waals surface area (Å²) in [6.45, 7) is 5.34. The summed E-state index contributed by atoms with van der Waals surface area (Å²) in [6, 6.07) is 7.15. The third-order valence-corrected chi connectivity index (χ3v) is 4.21. The lowest BCUT2D eigenvalue weighted by Crippen LogP contribution is -2.37. The van der Waals surface area contributed by atoms with Crippen molar-refractivity contribution in [2.75, 3.05) is 47.1 Å². The van der Waals surface area contributed by atoms with Crippen molar-refractivity contribution in [1.82, 2.24) is 9.80 Å². The minimum Gasteiger partial charge on any atom is -0.493 e. The molecule has 1 aromatic carbocycles. The summed E-state index contributed by atoms with van der Waals surface area (Å²) < 4.78 is 10.7. The van der Waals surface area contributed by atoms with Crippen molar-refractivity contribution < 1.29 is 24.2 Å². The van der Waals surface area contributed by atoms with Gasteiger partial charge >= 0.3 is 0 Å². The number of ether oxygens (including phenoxy) is 2. The highest BCUT2D eigenvalue weighted by Crippen LogP contribution is 2.31. The summed E-state index contributed by atoms with van der Waals surface area (Å²) in [5.41, 5.74) is 1.27. The fraction of sp³-hybridized carbons (Fsp3) is 0.500. The summed E-state index contributed by atoms with van der Waals surface area (Å²) in [5.74, 6) is 0.400. The predicted molar refractivity (Wildman–Crippen MR) is 102 cm³/mol. The van der Waals surface area contributed by atoms with Crippen molar-refractivity contribution in [3.8, 4) is 5.75 Å². The van der Waals surface area contributed by atoms with E-state index in [4.69, 9.17) is 9.47 Å². The summed E-state index contributed by atoms with van der Waals surface area (Å²) in [4.78, 5) is 28.5. The number of carbonyl (C=O) groups excluding carboxylic acids is 2. The Kier molecular flexibility index (Phi) is 7.38. The summed E-state index contributed by atoms with van der Waals surface area (Å²) in [5, 5.41) is 9.24. The average molecular weight is 376 g/mol. The van der Waals surface area contributed by atoms with Gasteiger partial charge in [0.1, 0.15) is 11.4 Å². The molecule has 0 radical (unpaired) electrons. The lowest BCUT2D eigenvalue weighted by molar-refractivity contribution is -0.138. The Morgan fingerprint density at radius 1 is 1.15 bits per heavy atom. The molecule has 1 aliphatic rings. The Morgan fingerprint density at radius 3 is 2.37 bits per heavy atom. The molecule has 2 amide bonds. The summed E-state index contributed by atoms with van der Waals surface area (Å²) in [7, 11) is 3.21. The molecule has 27 heavy (non-hydrogen) atoms. The number of imide groups is 1. The third kappa shape index (κ3) is 4.87. The minimum atomic E-state index is -0.372. The number of aliphatic hydroxyl groups excluding tert-OH is 1. The van der Waals surface area contributed by atoms with Crippen LogP contribution in [0.3, 0.4) is 0 Å². The maximum atomic E-state index is 12.9. The van der Waals surface area contributed by atoms with E-state index in [1.54, 1.807) is 36.2 Å². The Morgan fingerprint density at radius 2 is 1.81 bits per heavy atom. The number of likely N-dealkylation sites (N-methyl/N-ethyl adjacent to an activating group) is 1. The van der Waals surface area contributed by atoms with Crippen molar-refractivity contribution in [2.45, 2.75) is 13.8 Å². The van der Waals surface area contributed by atoms with E-state index in [2.05, 4.69) is 13.8 Å². The third-order valence-electron chi connectivity index (χ3n) is 4.21. The monoisotopic (exact) mass is 376 g/mol. The van der Waals surface area contributed by atoms with E-state index in [1.165, 1.54) is 12.0 Å². The van der Waals surface area contributed by atoms with Crippen molar-refractivity contribution in [3.05, 3.63) is 35.5 Å². The molecule has 2 rings (SSSR count). The van der Waals surface area contributed by atoms with Crippen LogP contribution in [0.5, 0.6) is 5.75 Å². The van der Waals surface area contributed by atoms with E-state index in [9.17, 15) is 14.7 Å². The Balaban J connectivity index is 2.35. The molecular weight excluding hydrogens is 348 g/mol. The van der Waals surface area contributed by atoms with Crippen LogP contribution < -0.4 is 4.74 Å². The van der Waals surface area contributed by atoms with Gasteiger partial charge in [-0.3, -0.25) is 14.5 Å². The molecule has 0 aromatic heterocycles. The largest absolute Gasteiger partial charge is 0.493 e. The second-order valence-corrected chi connectivity index (χ2v) is 6.85. The molecule has 1 heterocycles. The molecule has 7 heteroatoms. The van der Waals surface area contributed by atoms with Gasteiger partial charge in [-0.1, -0.05) is 26.0 Å². The first-order valence-corrected chi connectivity index (χ1v) is 9.05. The number of amides is 2. The standard InChI is InChI=1S/C20H28N2O5/c1-14(2)13-27-16-7-5-15(6-8-16)17-18(21(3)9-11-23)20(25)22(19(17)24)10-12-26-4/h5-8,14,23H,9-13H2,1-4H3. The number of methoxy groups -OCH3 is 1. The number of hydrogen-bond donors (Lipinski definition) is 1. The van der Waals surface area contributed by atoms with E-state index in [-0.39, 0.29) is 38.1 Å². The molecule has 1 aromatic rings. The number of rotatable bonds is 10. The van der Waals surface area contributed by atoms with Gasteiger partial charge in [-0.25, -0.2) is 0 Å². The maximum Gasteiger partial charge on any atom is 0.277 e. The van der Waals surface area contributed by atoms with Crippen LogP contribution in [0.4, 0.5) is 0 Å². The van der Waals surface area contributed by atoms with Crippen LogP contribution in [0.15, 0.2) is 30.0 Å². The van der Waals surface area contributed by atoms with Crippen LogP contribution in [0.25, 0.3) is 5.57 Å². The highest BCUT2D eigenvalue weighted by atomic mass is 16.5. The molecule has 0 aliphatic carbocycles. The molecule has 0 bridgehead atoms. The van der Waals surface area contributed by atoms with Crippen LogP contribution in [0.1, 0.15) is 19.4 Å². The molecular formula is C20H28N2O5. The molecule has 0 saturated carbocycles. The molecule has 0 saturated heterocycles. The van der Waals surface area contributed by atoms with Gasteiger partial charge < -0.3 is 19.5 Å². The number of benzene rings is 1. The lowest BCUT2D eigenvalue weighted by Gasteiger charge is -2.20. The molecule has 0 spiro atoms. The predicted octanol–water partition coefficient (Wildman–Crippen LogP) is 1.37. The van der Waals surface area contributed by atoms with E-state index >= 15 is 0 Å².